The number of hydrogen-bond donors (Lipinski definition) is 3. The number of rotatable bonds is 4. The summed E-state index contributed by atoms with van der Waals surface area (Å²) < 4.78 is 13.9. The first kappa shape index (κ1) is 13.1. The standard InChI is InChI=1S/C14H21FN2O/c1-9-7-11(16-3)13(10(2)12(9)15)17-8-14(18)5-4-6-14/h7,16-18H,4-6,8H2,1-3H3. The van der Waals surface area contributed by atoms with Crippen molar-refractivity contribution in [3.05, 3.63) is 23.0 Å². The fourth-order valence-corrected chi connectivity index (χ4v) is 2.40. The van der Waals surface area contributed by atoms with Crippen molar-refractivity contribution in [3.63, 3.8) is 0 Å². The third-order valence-electron chi connectivity index (χ3n) is 3.83. The highest BCUT2D eigenvalue weighted by atomic mass is 19.1. The molecule has 100 valence electrons. The van der Waals surface area contributed by atoms with Crippen LogP contribution in [0.3, 0.4) is 0 Å². The number of aliphatic hydroxyl groups is 1. The third kappa shape index (κ3) is 2.29. The molecule has 0 unspecified atom stereocenters. The van der Waals surface area contributed by atoms with Crippen molar-refractivity contribution < 1.29 is 9.50 Å². The minimum atomic E-state index is -0.612. The van der Waals surface area contributed by atoms with Gasteiger partial charge in [0.1, 0.15) is 5.82 Å². The van der Waals surface area contributed by atoms with Gasteiger partial charge in [0.15, 0.2) is 0 Å². The van der Waals surface area contributed by atoms with E-state index in [-0.39, 0.29) is 5.82 Å². The zero-order valence-corrected chi connectivity index (χ0v) is 11.2. The van der Waals surface area contributed by atoms with Gasteiger partial charge >= 0.3 is 0 Å². The number of hydrogen-bond acceptors (Lipinski definition) is 3. The summed E-state index contributed by atoms with van der Waals surface area (Å²) in [7, 11) is 1.81. The summed E-state index contributed by atoms with van der Waals surface area (Å²) in [6.07, 6.45) is 2.71. The molecule has 1 saturated carbocycles. The Bertz CT molecular complexity index is 456. The Balaban J connectivity index is 2.22. The van der Waals surface area contributed by atoms with E-state index in [1.54, 1.807) is 19.9 Å². The van der Waals surface area contributed by atoms with Crippen LogP contribution in [0.1, 0.15) is 30.4 Å². The van der Waals surface area contributed by atoms with Crippen molar-refractivity contribution in [3.8, 4) is 0 Å². The van der Waals surface area contributed by atoms with E-state index in [1.165, 1.54) is 0 Å². The zero-order chi connectivity index (χ0) is 13.3. The summed E-state index contributed by atoms with van der Waals surface area (Å²) in [5.74, 6) is -0.183. The van der Waals surface area contributed by atoms with Crippen molar-refractivity contribution in [2.24, 2.45) is 0 Å². The van der Waals surface area contributed by atoms with Gasteiger partial charge in [-0.3, -0.25) is 0 Å². The van der Waals surface area contributed by atoms with Gasteiger partial charge in [-0.2, -0.15) is 0 Å². The highest BCUT2D eigenvalue weighted by Crippen LogP contribution is 2.34. The lowest BCUT2D eigenvalue weighted by Crippen LogP contribution is -2.43. The molecule has 18 heavy (non-hydrogen) atoms. The van der Waals surface area contributed by atoms with Gasteiger partial charge in [0.25, 0.3) is 0 Å². The molecule has 4 heteroatoms. The van der Waals surface area contributed by atoms with Gasteiger partial charge in [0.2, 0.25) is 0 Å². The molecule has 3 nitrogen and oxygen atoms in total. The largest absolute Gasteiger partial charge is 0.388 e. The SMILES string of the molecule is CNc1cc(C)c(F)c(C)c1NCC1(O)CCC1. The molecule has 0 bridgehead atoms. The molecule has 1 aromatic rings. The molecule has 0 atom stereocenters. The molecule has 0 aromatic heterocycles. The number of aryl methyl sites for hydroxylation is 1. The van der Waals surface area contributed by atoms with E-state index in [9.17, 15) is 9.50 Å². The molecule has 0 saturated heterocycles. The molecule has 1 aromatic carbocycles. The van der Waals surface area contributed by atoms with Crippen LogP contribution in [0.2, 0.25) is 0 Å². The molecule has 0 heterocycles. The second kappa shape index (κ2) is 4.76. The number of nitrogens with one attached hydrogen (secondary N) is 2. The van der Waals surface area contributed by atoms with E-state index in [2.05, 4.69) is 10.6 Å². The van der Waals surface area contributed by atoms with Gasteiger partial charge in [-0.1, -0.05) is 0 Å². The lowest BCUT2D eigenvalue weighted by atomic mass is 9.80. The van der Waals surface area contributed by atoms with Crippen molar-refractivity contribution in [2.75, 3.05) is 24.2 Å². The van der Waals surface area contributed by atoms with Crippen LogP contribution in [0.25, 0.3) is 0 Å². The Kier molecular flexibility index (Phi) is 3.48. The topological polar surface area (TPSA) is 44.3 Å². The molecule has 0 spiro atoms. The van der Waals surface area contributed by atoms with Gasteiger partial charge in [-0.05, 0) is 44.7 Å². The van der Waals surface area contributed by atoms with Crippen LogP contribution in [-0.4, -0.2) is 24.3 Å². The van der Waals surface area contributed by atoms with Crippen molar-refractivity contribution >= 4 is 11.4 Å². The first-order valence-corrected chi connectivity index (χ1v) is 6.40. The van der Waals surface area contributed by atoms with Gasteiger partial charge in [0, 0.05) is 19.2 Å². The molecule has 1 aliphatic carbocycles. The fraction of sp³-hybridized carbons (Fsp3) is 0.571. The van der Waals surface area contributed by atoms with Crippen molar-refractivity contribution in [2.45, 2.75) is 38.7 Å². The number of benzene rings is 1. The number of halogens is 1. The molecule has 2 rings (SSSR count). The first-order chi connectivity index (χ1) is 8.47. The molecule has 0 radical (unpaired) electrons. The smallest absolute Gasteiger partial charge is 0.131 e. The van der Waals surface area contributed by atoms with Crippen LogP contribution >= 0.6 is 0 Å². The van der Waals surface area contributed by atoms with Crippen molar-refractivity contribution in [1.82, 2.24) is 0 Å². The van der Waals surface area contributed by atoms with E-state index in [4.69, 9.17) is 0 Å². The average Bonchev–Trinajstić information content (AvgIpc) is 2.32. The maximum atomic E-state index is 13.9. The van der Waals surface area contributed by atoms with Gasteiger partial charge in [0.05, 0.1) is 17.0 Å². The Morgan fingerprint density at radius 2 is 2.06 bits per heavy atom. The van der Waals surface area contributed by atoms with Crippen LogP contribution in [0.15, 0.2) is 6.07 Å². The van der Waals surface area contributed by atoms with Crippen molar-refractivity contribution in [1.29, 1.82) is 0 Å². The van der Waals surface area contributed by atoms with E-state index in [0.717, 1.165) is 30.6 Å². The summed E-state index contributed by atoms with van der Waals surface area (Å²) in [6, 6.07) is 1.79. The maximum absolute atomic E-state index is 13.9. The molecule has 0 amide bonds. The molecule has 0 aliphatic heterocycles. The molecular formula is C14H21FN2O. The van der Waals surface area contributed by atoms with E-state index >= 15 is 0 Å². The monoisotopic (exact) mass is 252 g/mol. The Morgan fingerprint density at radius 3 is 2.56 bits per heavy atom. The minimum absolute atomic E-state index is 0.183. The lowest BCUT2D eigenvalue weighted by molar-refractivity contribution is -0.0201. The maximum Gasteiger partial charge on any atom is 0.131 e. The van der Waals surface area contributed by atoms with Crippen LogP contribution in [0.5, 0.6) is 0 Å². The first-order valence-electron chi connectivity index (χ1n) is 6.40. The van der Waals surface area contributed by atoms with Gasteiger partial charge in [-0.15, -0.1) is 0 Å². The second-order valence-electron chi connectivity index (χ2n) is 5.24. The van der Waals surface area contributed by atoms with E-state index < -0.39 is 5.60 Å². The summed E-state index contributed by atoms with van der Waals surface area (Å²) in [5.41, 5.74) is 2.24. The van der Waals surface area contributed by atoms with E-state index in [1.807, 2.05) is 7.05 Å². The Morgan fingerprint density at radius 1 is 1.39 bits per heavy atom. The summed E-state index contributed by atoms with van der Waals surface area (Å²) in [4.78, 5) is 0. The van der Waals surface area contributed by atoms with Crippen LogP contribution in [0.4, 0.5) is 15.8 Å². The van der Waals surface area contributed by atoms with Crippen LogP contribution in [-0.2, 0) is 0 Å². The molecule has 1 fully saturated rings. The quantitative estimate of drug-likeness (QED) is 0.772. The van der Waals surface area contributed by atoms with Crippen LogP contribution < -0.4 is 10.6 Å². The molecular weight excluding hydrogens is 231 g/mol. The molecule has 3 N–H and O–H groups in total. The summed E-state index contributed by atoms with van der Waals surface area (Å²) in [5, 5.41) is 16.3. The summed E-state index contributed by atoms with van der Waals surface area (Å²) in [6.45, 7) is 3.99. The predicted molar refractivity (Wildman–Crippen MR) is 72.7 cm³/mol. The highest BCUT2D eigenvalue weighted by Gasteiger charge is 2.34. The van der Waals surface area contributed by atoms with Gasteiger partial charge < -0.3 is 15.7 Å². The Labute approximate surface area is 107 Å². The number of anilines is 2. The lowest BCUT2D eigenvalue weighted by Gasteiger charge is -2.37. The van der Waals surface area contributed by atoms with Gasteiger partial charge in [-0.25, -0.2) is 4.39 Å². The summed E-state index contributed by atoms with van der Waals surface area (Å²) >= 11 is 0. The predicted octanol–water partition coefficient (Wildman–Crippen LogP) is 2.81. The van der Waals surface area contributed by atoms with Crippen LogP contribution in [0, 0.1) is 19.7 Å². The second-order valence-corrected chi connectivity index (χ2v) is 5.24. The highest BCUT2D eigenvalue weighted by molar-refractivity contribution is 5.73. The van der Waals surface area contributed by atoms with E-state index in [0.29, 0.717) is 17.7 Å². The molecule has 1 aliphatic rings. The third-order valence-corrected chi connectivity index (χ3v) is 3.83. The normalized spacial score (nSPS) is 17.2. The zero-order valence-electron chi connectivity index (χ0n) is 11.2. The minimum Gasteiger partial charge on any atom is -0.388 e. The fourth-order valence-electron chi connectivity index (χ4n) is 2.40. The average molecular weight is 252 g/mol. The Hall–Kier alpha value is -1.29.